The van der Waals surface area contributed by atoms with E-state index in [0.29, 0.717) is 17.4 Å². The standard InChI is InChI=1S/C21H22BrN5O2/c22-16-6-7-18-17(11-16)21(29)27(14-25-18)13-19(28)24-12-15-5-4-8-23-20(15)26-9-2-1-3-10-26/h4-8,11,14H,1-3,9-10,12-13H2,(H,24,28). The molecule has 1 amide bonds. The molecule has 0 atom stereocenters. The average Bonchev–Trinajstić information content (AvgIpc) is 2.75. The number of nitrogens with zero attached hydrogens (tertiary/aromatic N) is 4. The molecule has 0 unspecified atom stereocenters. The summed E-state index contributed by atoms with van der Waals surface area (Å²) >= 11 is 3.37. The molecule has 4 rings (SSSR count). The first-order valence-corrected chi connectivity index (χ1v) is 10.5. The largest absolute Gasteiger partial charge is 0.356 e. The Kier molecular flexibility index (Phi) is 5.89. The molecule has 8 heteroatoms. The van der Waals surface area contributed by atoms with Gasteiger partial charge in [-0.15, -0.1) is 0 Å². The Labute approximate surface area is 176 Å². The number of fused-ring (bicyclic) bond motifs is 1. The highest BCUT2D eigenvalue weighted by molar-refractivity contribution is 9.10. The van der Waals surface area contributed by atoms with E-state index in [2.05, 4.69) is 36.1 Å². The fraction of sp³-hybridized carbons (Fsp3) is 0.333. The van der Waals surface area contributed by atoms with Crippen molar-refractivity contribution in [2.45, 2.75) is 32.4 Å². The minimum atomic E-state index is -0.239. The van der Waals surface area contributed by atoms with Crippen molar-refractivity contribution in [3.05, 3.63) is 63.2 Å². The first-order chi connectivity index (χ1) is 14.1. The number of carbonyl (C=O) groups is 1. The highest BCUT2D eigenvalue weighted by atomic mass is 79.9. The number of benzene rings is 1. The minimum absolute atomic E-state index is 0.0758. The van der Waals surface area contributed by atoms with Crippen molar-refractivity contribution in [1.82, 2.24) is 19.9 Å². The van der Waals surface area contributed by atoms with Gasteiger partial charge in [-0.1, -0.05) is 22.0 Å². The van der Waals surface area contributed by atoms with Crippen LogP contribution in [0.3, 0.4) is 0 Å². The lowest BCUT2D eigenvalue weighted by Crippen LogP contribution is -2.34. The number of piperidine rings is 1. The fourth-order valence-electron chi connectivity index (χ4n) is 3.61. The Morgan fingerprint density at radius 2 is 1.97 bits per heavy atom. The summed E-state index contributed by atoms with van der Waals surface area (Å²) in [7, 11) is 0. The number of pyridine rings is 1. The summed E-state index contributed by atoms with van der Waals surface area (Å²) in [5.74, 6) is 0.693. The van der Waals surface area contributed by atoms with E-state index in [1.165, 1.54) is 17.3 Å². The predicted molar refractivity (Wildman–Crippen MR) is 116 cm³/mol. The molecule has 29 heavy (non-hydrogen) atoms. The molecule has 0 spiro atoms. The molecule has 1 N–H and O–H groups in total. The number of rotatable bonds is 5. The van der Waals surface area contributed by atoms with Gasteiger partial charge in [-0.05, 0) is 43.5 Å². The van der Waals surface area contributed by atoms with Gasteiger partial charge < -0.3 is 10.2 Å². The van der Waals surface area contributed by atoms with Crippen LogP contribution in [0.15, 0.2) is 52.1 Å². The monoisotopic (exact) mass is 455 g/mol. The number of hydrogen-bond donors (Lipinski definition) is 1. The number of halogens is 1. The van der Waals surface area contributed by atoms with Crippen molar-refractivity contribution in [3.8, 4) is 0 Å². The van der Waals surface area contributed by atoms with Gasteiger partial charge in [-0.2, -0.15) is 0 Å². The summed E-state index contributed by atoms with van der Waals surface area (Å²) in [6.07, 6.45) is 6.78. The quantitative estimate of drug-likeness (QED) is 0.639. The minimum Gasteiger partial charge on any atom is -0.356 e. The molecule has 3 heterocycles. The van der Waals surface area contributed by atoms with E-state index in [9.17, 15) is 9.59 Å². The summed E-state index contributed by atoms with van der Waals surface area (Å²) in [6.45, 7) is 2.28. The van der Waals surface area contributed by atoms with E-state index in [0.717, 1.165) is 41.8 Å². The van der Waals surface area contributed by atoms with Gasteiger partial charge in [0.2, 0.25) is 5.91 Å². The van der Waals surface area contributed by atoms with Crippen LogP contribution in [0.1, 0.15) is 24.8 Å². The van der Waals surface area contributed by atoms with Gasteiger partial charge in [0.05, 0.1) is 17.2 Å². The summed E-state index contributed by atoms with van der Waals surface area (Å²) in [4.78, 5) is 36.2. The van der Waals surface area contributed by atoms with Crippen LogP contribution in [-0.4, -0.2) is 33.5 Å². The second-order valence-electron chi connectivity index (χ2n) is 7.15. The first-order valence-electron chi connectivity index (χ1n) is 9.72. The zero-order valence-electron chi connectivity index (χ0n) is 16.0. The van der Waals surface area contributed by atoms with Gasteiger partial charge >= 0.3 is 0 Å². The van der Waals surface area contributed by atoms with Crippen LogP contribution in [-0.2, 0) is 17.9 Å². The van der Waals surface area contributed by atoms with Gasteiger partial charge in [0.1, 0.15) is 12.4 Å². The van der Waals surface area contributed by atoms with Crippen molar-refractivity contribution >= 4 is 38.6 Å². The van der Waals surface area contributed by atoms with E-state index >= 15 is 0 Å². The first kappa shape index (κ1) is 19.6. The van der Waals surface area contributed by atoms with Crippen molar-refractivity contribution in [2.24, 2.45) is 0 Å². The van der Waals surface area contributed by atoms with E-state index in [1.54, 1.807) is 18.3 Å². The summed E-state index contributed by atoms with van der Waals surface area (Å²) in [5, 5.41) is 3.39. The second-order valence-corrected chi connectivity index (χ2v) is 8.07. The van der Waals surface area contributed by atoms with E-state index in [-0.39, 0.29) is 18.0 Å². The molecule has 1 fully saturated rings. The van der Waals surface area contributed by atoms with E-state index in [1.807, 2.05) is 18.2 Å². The molecule has 0 aliphatic carbocycles. The number of nitrogens with one attached hydrogen (secondary N) is 1. The zero-order valence-corrected chi connectivity index (χ0v) is 17.6. The maximum Gasteiger partial charge on any atom is 0.261 e. The molecule has 3 aromatic rings. The Hall–Kier alpha value is -2.74. The van der Waals surface area contributed by atoms with Gasteiger partial charge in [0.15, 0.2) is 0 Å². The van der Waals surface area contributed by atoms with Crippen LogP contribution in [0, 0.1) is 0 Å². The molecule has 0 saturated carbocycles. The number of aromatic nitrogens is 3. The molecule has 1 aliphatic heterocycles. The van der Waals surface area contributed by atoms with Crippen molar-refractivity contribution in [1.29, 1.82) is 0 Å². The number of hydrogen-bond acceptors (Lipinski definition) is 5. The van der Waals surface area contributed by atoms with Crippen LogP contribution < -0.4 is 15.8 Å². The fourth-order valence-corrected chi connectivity index (χ4v) is 3.97. The van der Waals surface area contributed by atoms with E-state index < -0.39 is 0 Å². The molecular formula is C21H22BrN5O2. The van der Waals surface area contributed by atoms with Crippen LogP contribution in [0.2, 0.25) is 0 Å². The van der Waals surface area contributed by atoms with Crippen LogP contribution in [0.5, 0.6) is 0 Å². The normalized spacial score (nSPS) is 14.2. The molecule has 1 saturated heterocycles. The van der Waals surface area contributed by atoms with Crippen molar-refractivity contribution < 1.29 is 4.79 Å². The average molecular weight is 456 g/mol. The van der Waals surface area contributed by atoms with Gasteiger partial charge in [0.25, 0.3) is 5.56 Å². The summed E-state index contributed by atoms with van der Waals surface area (Å²) in [5.41, 5.74) is 1.36. The molecule has 7 nitrogen and oxygen atoms in total. The third-order valence-electron chi connectivity index (χ3n) is 5.10. The van der Waals surface area contributed by atoms with Gasteiger partial charge in [-0.3, -0.25) is 14.2 Å². The molecular weight excluding hydrogens is 434 g/mol. The lowest BCUT2D eigenvalue weighted by atomic mass is 10.1. The lowest BCUT2D eigenvalue weighted by molar-refractivity contribution is -0.121. The van der Waals surface area contributed by atoms with Gasteiger partial charge in [0, 0.05) is 35.9 Å². The Balaban J connectivity index is 1.45. The third kappa shape index (κ3) is 4.48. The summed E-state index contributed by atoms with van der Waals surface area (Å²) < 4.78 is 2.13. The van der Waals surface area contributed by atoms with Gasteiger partial charge in [-0.25, -0.2) is 9.97 Å². The third-order valence-corrected chi connectivity index (χ3v) is 5.59. The smallest absolute Gasteiger partial charge is 0.261 e. The molecule has 1 aliphatic rings. The zero-order chi connectivity index (χ0) is 20.2. The topological polar surface area (TPSA) is 80.1 Å². The number of anilines is 1. The van der Waals surface area contributed by atoms with E-state index in [4.69, 9.17) is 0 Å². The highest BCUT2D eigenvalue weighted by Gasteiger charge is 2.16. The number of carbonyl (C=O) groups excluding carboxylic acids is 1. The Bertz CT molecular complexity index is 1090. The van der Waals surface area contributed by atoms with Crippen LogP contribution in [0.4, 0.5) is 5.82 Å². The Morgan fingerprint density at radius 3 is 2.79 bits per heavy atom. The molecule has 0 bridgehead atoms. The highest BCUT2D eigenvalue weighted by Crippen LogP contribution is 2.21. The summed E-state index contributed by atoms with van der Waals surface area (Å²) in [6, 6.07) is 9.19. The predicted octanol–water partition coefficient (Wildman–Crippen LogP) is 2.86. The second kappa shape index (κ2) is 8.73. The van der Waals surface area contributed by atoms with Crippen molar-refractivity contribution in [2.75, 3.05) is 18.0 Å². The Morgan fingerprint density at radius 1 is 1.14 bits per heavy atom. The maximum atomic E-state index is 12.7. The molecule has 2 aromatic heterocycles. The number of amides is 1. The van der Waals surface area contributed by atoms with Crippen LogP contribution in [0.25, 0.3) is 10.9 Å². The van der Waals surface area contributed by atoms with Crippen LogP contribution >= 0.6 is 15.9 Å². The molecule has 150 valence electrons. The maximum absolute atomic E-state index is 12.7. The van der Waals surface area contributed by atoms with Crippen molar-refractivity contribution in [3.63, 3.8) is 0 Å². The molecule has 1 aromatic carbocycles. The lowest BCUT2D eigenvalue weighted by Gasteiger charge is -2.29. The SMILES string of the molecule is O=C(Cn1cnc2ccc(Br)cc2c1=O)NCc1cccnc1N1CCCCC1. The molecule has 0 radical (unpaired) electrons.